The molecular weight excluding hydrogens is 361 g/mol. The lowest BCUT2D eigenvalue weighted by atomic mass is 10.2. The molecule has 0 atom stereocenters. The number of carbonyl (C=O) groups excluding carboxylic acids is 1. The lowest BCUT2D eigenvalue weighted by molar-refractivity contribution is -0.161. The highest BCUT2D eigenvalue weighted by atomic mass is 19.4. The molecule has 0 unspecified atom stereocenters. The molecule has 144 valence electrons. The molecule has 3 rings (SSSR count). The smallest absolute Gasteiger partial charge is 0.352 e. The number of piperazine rings is 1. The zero-order valence-corrected chi connectivity index (χ0v) is 14.7. The maximum atomic E-state index is 12.3. The van der Waals surface area contributed by atoms with Crippen LogP contribution in [0.5, 0.6) is 0 Å². The van der Waals surface area contributed by atoms with Gasteiger partial charge < -0.3 is 15.1 Å². The van der Waals surface area contributed by atoms with Gasteiger partial charge in [-0.15, -0.1) is 10.2 Å². The Labute approximate surface area is 154 Å². The number of nitrogens with one attached hydrogen (secondary N) is 1. The zero-order chi connectivity index (χ0) is 19.4. The average molecular weight is 380 g/mol. The van der Waals surface area contributed by atoms with Gasteiger partial charge in [0, 0.05) is 32.4 Å². The van der Waals surface area contributed by atoms with Crippen LogP contribution in [0.4, 0.5) is 30.6 Å². The van der Waals surface area contributed by atoms with Gasteiger partial charge in [0.25, 0.3) is 0 Å². The summed E-state index contributed by atoms with van der Waals surface area (Å²) < 4.78 is 37.0. The molecule has 3 heterocycles. The largest absolute Gasteiger partial charge is 0.397 e. The molecule has 0 aromatic carbocycles. The summed E-state index contributed by atoms with van der Waals surface area (Å²) in [6.45, 7) is 3.23. The standard InChI is InChI=1S/C17H19F3N6O/c1-12-4-5-21-14(10-12)22-13-2-3-15(24-23-13)25-6-8-26(9-7-25)16(27)11-17(18,19)20/h2-5,10H,6-9,11H2,1H3,(H,21,22,23). The Bertz CT molecular complexity index is 788. The third-order valence-corrected chi connectivity index (χ3v) is 4.13. The van der Waals surface area contributed by atoms with E-state index in [0.29, 0.717) is 30.5 Å². The second-order valence-electron chi connectivity index (χ2n) is 6.28. The van der Waals surface area contributed by atoms with Crippen LogP contribution in [0.3, 0.4) is 0 Å². The Morgan fingerprint density at radius 3 is 2.44 bits per heavy atom. The van der Waals surface area contributed by atoms with E-state index in [2.05, 4.69) is 20.5 Å². The zero-order valence-electron chi connectivity index (χ0n) is 14.7. The maximum Gasteiger partial charge on any atom is 0.397 e. The van der Waals surface area contributed by atoms with E-state index in [1.54, 1.807) is 18.3 Å². The van der Waals surface area contributed by atoms with Crippen LogP contribution < -0.4 is 10.2 Å². The van der Waals surface area contributed by atoms with Gasteiger partial charge in [0.2, 0.25) is 5.91 Å². The molecule has 10 heteroatoms. The summed E-state index contributed by atoms with van der Waals surface area (Å²) in [5.41, 5.74) is 1.06. The van der Waals surface area contributed by atoms with E-state index < -0.39 is 18.5 Å². The van der Waals surface area contributed by atoms with E-state index in [4.69, 9.17) is 0 Å². The first-order valence-electron chi connectivity index (χ1n) is 8.43. The van der Waals surface area contributed by atoms with Gasteiger partial charge in [0.15, 0.2) is 11.6 Å². The molecule has 0 saturated carbocycles. The van der Waals surface area contributed by atoms with Crippen LogP contribution in [0.15, 0.2) is 30.5 Å². The fourth-order valence-corrected chi connectivity index (χ4v) is 2.76. The Balaban J connectivity index is 1.55. The number of amides is 1. The predicted octanol–water partition coefficient (Wildman–Crippen LogP) is 2.52. The topological polar surface area (TPSA) is 74.2 Å². The summed E-state index contributed by atoms with van der Waals surface area (Å²) in [5.74, 6) is 0.920. The molecule has 0 bridgehead atoms. The summed E-state index contributed by atoms with van der Waals surface area (Å²) in [6, 6.07) is 7.30. The number of rotatable bonds is 4. The predicted molar refractivity (Wildman–Crippen MR) is 93.8 cm³/mol. The van der Waals surface area contributed by atoms with Crippen LogP contribution >= 0.6 is 0 Å². The fourth-order valence-electron chi connectivity index (χ4n) is 2.76. The molecule has 2 aromatic heterocycles. The number of hydrogen-bond acceptors (Lipinski definition) is 6. The fraction of sp³-hybridized carbons (Fsp3) is 0.412. The first-order valence-corrected chi connectivity index (χ1v) is 8.43. The van der Waals surface area contributed by atoms with Crippen LogP contribution in [0.2, 0.25) is 0 Å². The number of aromatic nitrogens is 3. The van der Waals surface area contributed by atoms with Gasteiger partial charge in [-0.2, -0.15) is 13.2 Å². The quantitative estimate of drug-likeness (QED) is 0.879. The van der Waals surface area contributed by atoms with Crippen molar-refractivity contribution in [1.29, 1.82) is 0 Å². The van der Waals surface area contributed by atoms with E-state index >= 15 is 0 Å². The third-order valence-electron chi connectivity index (χ3n) is 4.13. The number of aryl methyl sites for hydroxylation is 1. The third kappa shape index (κ3) is 5.28. The van der Waals surface area contributed by atoms with Crippen molar-refractivity contribution >= 4 is 23.4 Å². The van der Waals surface area contributed by atoms with Gasteiger partial charge >= 0.3 is 6.18 Å². The van der Waals surface area contributed by atoms with Gasteiger partial charge in [-0.25, -0.2) is 4.98 Å². The van der Waals surface area contributed by atoms with E-state index in [0.717, 1.165) is 5.56 Å². The minimum Gasteiger partial charge on any atom is -0.352 e. The van der Waals surface area contributed by atoms with Crippen molar-refractivity contribution in [3.8, 4) is 0 Å². The normalized spacial score (nSPS) is 15.0. The van der Waals surface area contributed by atoms with Crippen molar-refractivity contribution in [2.24, 2.45) is 0 Å². The summed E-state index contributed by atoms with van der Waals surface area (Å²) in [6.07, 6.45) is -4.20. The Morgan fingerprint density at radius 2 is 1.85 bits per heavy atom. The molecule has 0 aliphatic carbocycles. The van der Waals surface area contributed by atoms with E-state index in [1.807, 2.05) is 24.0 Å². The van der Waals surface area contributed by atoms with E-state index in [-0.39, 0.29) is 13.1 Å². The summed E-state index contributed by atoms with van der Waals surface area (Å²) in [4.78, 5) is 19.0. The van der Waals surface area contributed by atoms with Crippen molar-refractivity contribution in [3.63, 3.8) is 0 Å². The van der Waals surface area contributed by atoms with E-state index in [9.17, 15) is 18.0 Å². The lowest BCUT2D eigenvalue weighted by Crippen LogP contribution is -2.49. The van der Waals surface area contributed by atoms with E-state index in [1.165, 1.54) is 4.90 Å². The van der Waals surface area contributed by atoms with Crippen LogP contribution in [-0.4, -0.2) is 58.3 Å². The molecule has 1 aliphatic heterocycles. The Morgan fingerprint density at radius 1 is 1.11 bits per heavy atom. The number of hydrogen-bond donors (Lipinski definition) is 1. The number of alkyl halides is 3. The molecule has 0 radical (unpaired) electrons. The summed E-state index contributed by atoms with van der Waals surface area (Å²) in [5, 5.41) is 11.3. The highest BCUT2D eigenvalue weighted by Gasteiger charge is 2.34. The molecule has 0 spiro atoms. The Kier molecular flexibility index (Phi) is 5.43. The minimum absolute atomic E-state index is 0.226. The lowest BCUT2D eigenvalue weighted by Gasteiger charge is -2.35. The molecule has 1 aliphatic rings. The first kappa shape index (κ1) is 18.9. The second kappa shape index (κ2) is 7.77. The molecule has 7 nitrogen and oxygen atoms in total. The van der Waals surface area contributed by atoms with Crippen LogP contribution in [0.25, 0.3) is 0 Å². The summed E-state index contributed by atoms with van der Waals surface area (Å²) >= 11 is 0. The molecule has 1 fully saturated rings. The van der Waals surface area contributed by atoms with Gasteiger partial charge in [-0.3, -0.25) is 4.79 Å². The second-order valence-corrected chi connectivity index (χ2v) is 6.28. The maximum absolute atomic E-state index is 12.3. The molecule has 1 saturated heterocycles. The molecule has 27 heavy (non-hydrogen) atoms. The number of nitrogens with zero attached hydrogens (tertiary/aromatic N) is 5. The van der Waals surface area contributed by atoms with Crippen molar-refractivity contribution in [3.05, 3.63) is 36.0 Å². The van der Waals surface area contributed by atoms with Crippen molar-refractivity contribution in [2.45, 2.75) is 19.5 Å². The van der Waals surface area contributed by atoms with Crippen LogP contribution in [0, 0.1) is 6.92 Å². The highest BCUT2D eigenvalue weighted by Crippen LogP contribution is 2.22. The number of halogens is 3. The van der Waals surface area contributed by atoms with Gasteiger partial charge in [-0.05, 0) is 36.8 Å². The first-order chi connectivity index (χ1) is 12.8. The van der Waals surface area contributed by atoms with Crippen LogP contribution in [0.1, 0.15) is 12.0 Å². The highest BCUT2D eigenvalue weighted by molar-refractivity contribution is 5.77. The van der Waals surface area contributed by atoms with Crippen LogP contribution in [-0.2, 0) is 4.79 Å². The monoisotopic (exact) mass is 380 g/mol. The molecule has 2 aromatic rings. The molecule has 1 N–H and O–H groups in total. The molecular formula is C17H19F3N6O. The van der Waals surface area contributed by atoms with Crippen molar-refractivity contribution < 1.29 is 18.0 Å². The average Bonchev–Trinajstić information content (AvgIpc) is 2.61. The van der Waals surface area contributed by atoms with Gasteiger partial charge in [0.1, 0.15) is 12.2 Å². The Hall–Kier alpha value is -2.91. The van der Waals surface area contributed by atoms with Crippen molar-refractivity contribution in [2.75, 3.05) is 36.4 Å². The summed E-state index contributed by atoms with van der Waals surface area (Å²) in [7, 11) is 0. The van der Waals surface area contributed by atoms with Gasteiger partial charge in [0.05, 0.1) is 0 Å². The number of pyridine rings is 1. The molecule has 1 amide bonds. The SMILES string of the molecule is Cc1ccnc(Nc2ccc(N3CCN(C(=O)CC(F)(F)F)CC3)nn2)c1. The van der Waals surface area contributed by atoms with Gasteiger partial charge in [-0.1, -0.05) is 0 Å². The number of carbonyl (C=O) groups is 1. The minimum atomic E-state index is -4.48. The number of anilines is 3. The van der Waals surface area contributed by atoms with Crippen molar-refractivity contribution in [1.82, 2.24) is 20.1 Å².